The maximum absolute atomic E-state index is 11.2. The van der Waals surface area contributed by atoms with E-state index < -0.39 is 65.3 Å². The lowest BCUT2D eigenvalue weighted by atomic mass is 10.1. The summed E-state index contributed by atoms with van der Waals surface area (Å²) in [6, 6.07) is 32.1. The number of rotatable bonds is 4. The van der Waals surface area contributed by atoms with Gasteiger partial charge in [-0.05, 0) is 41.3 Å². The van der Waals surface area contributed by atoms with E-state index in [2.05, 4.69) is 21.8 Å². The Hall–Kier alpha value is -9.65. The van der Waals surface area contributed by atoms with E-state index in [1.807, 2.05) is 84.9 Å². The third kappa shape index (κ3) is 17.0. The molecule has 0 atom stereocenters. The van der Waals surface area contributed by atoms with Crippen LogP contribution < -0.4 is 0 Å². The lowest BCUT2D eigenvalue weighted by Gasteiger charge is -2.13. The van der Waals surface area contributed by atoms with Gasteiger partial charge in [-0.25, -0.2) is 52.8 Å². The molecule has 0 heterocycles. The van der Waals surface area contributed by atoms with Gasteiger partial charge >= 0.3 is 71.4 Å². The molecule has 26 heteroatoms. The van der Waals surface area contributed by atoms with Crippen molar-refractivity contribution in [2.45, 2.75) is 25.6 Å². The molecule has 0 unspecified atom stereocenters. The van der Waals surface area contributed by atoms with Crippen molar-refractivity contribution >= 4 is 71.4 Å². The zero-order valence-corrected chi connectivity index (χ0v) is 33.4. The Bertz CT molecular complexity index is 2310. The summed E-state index contributed by atoms with van der Waals surface area (Å²) in [4.78, 5) is 111. The van der Waals surface area contributed by atoms with Crippen LogP contribution >= 0.6 is 0 Å². The van der Waals surface area contributed by atoms with Crippen LogP contribution in [-0.4, -0.2) is 138 Å². The quantitative estimate of drug-likeness (QED) is 0.0234. The standard InChI is InChI=1S/C15H12O2.C13H8N2.C4H6O6.4C2H2O4/c1-10(16)17-15-13-8-4-2-6-11(13)12-7-3-5-9-14(12)15;14-15-13-11-7-3-1-5-9(11)10-6-2-4-8-12(10)13;1-4(10-9,2(5)6)3(7)8;4*3-1(4)2(5)6/h2-9,15H,1H3;1-8H;9H,1H3,(H,5,6)(H,7,8);4*(H,3,4)(H,5,6). The molecule has 0 bridgehead atoms. The van der Waals surface area contributed by atoms with Crippen molar-refractivity contribution in [1.29, 1.82) is 0 Å². The van der Waals surface area contributed by atoms with E-state index in [4.69, 9.17) is 105 Å². The fourth-order valence-electron chi connectivity index (χ4n) is 4.67. The highest BCUT2D eigenvalue weighted by Gasteiger charge is 2.44. The molecule has 0 radical (unpaired) electrons. The number of ether oxygens (including phenoxy) is 1. The molecule has 0 saturated heterocycles. The molecule has 26 nitrogen and oxygen atoms in total. The molecule has 4 aromatic rings. The summed E-state index contributed by atoms with van der Waals surface area (Å²) < 4.78 is 5.43. The van der Waals surface area contributed by atoms with Crippen LogP contribution in [0.25, 0.3) is 27.8 Å². The zero-order chi connectivity index (χ0) is 51.1. The fraction of sp³-hybridized carbons (Fsp3) is 0.100. The summed E-state index contributed by atoms with van der Waals surface area (Å²) in [5.74, 6) is -18.4. The van der Waals surface area contributed by atoms with Gasteiger partial charge in [-0.1, -0.05) is 84.9 Å². The van der Waals surface area contributed by atoms with E-state index in [0.29, 0.717) is 5.71 Å². The Kier molecular flexibility index (Phi) is 22.7. The number of hydrogen-bond donors (Lipinski definition) is 11. The van der Waals surface area contributed by atoms with Gasteiger partial charge in [-0.3, -0.25) is 10.1 Å². The van der Waals surface area contributed by atoms with Gasteiger partial charge in [0, 0.05) is 18.1 Å². The van der Waals surface area contributed by atoms with Crippen molar-refractivity contribution in [2.24, 2.45) is 0 Å². The molecule has 0 aromatic heterocycles. The van der Waals surface area contributed by atoms with E-state index in [-0.39, 0.29) is 12.1 Å². The van der Waals surface area contributed by atoms with Gasteiger partial charge < -0.3 is 61.3 Å². The largest absolute Gasteiger partial charge is 0.479 e. The number of benzene rings is 4. The average Bonchev–Trinajstić information content (AvgIpc) is 3.76. The minimum absolute atomic E-state index is 0.249. The average molecular weight is 927 g/mol. The van der Waals surface area contributed by atoms with Gasteiger partial charge in [0.05, 0.1) is 11.1 Å². The molecule has 0 aliphatic heterocycles. The number of carbonyl (C=O) groups excluding carboxylic acids is 1. The Balaban J connectivity index is 0.000000790. The SMILES string of the molecule is CC(=O)OC1c2ccccc2-c2ccccc21.CC(OO)(C(=O)O)C(=O)O.O=C(O)C(=O)O.O=C(O)C(=O)O.O=C(O)C(=O)O.O=C(O)C(=O)O.[N-]=[N+]=C1c2ccccc2-c2ccccc21. The number of esters is 1. The van der Waals surface area contributed by atoms with Gasteiger partial charge in [-0.2, -0.15) is 4.79 Å². The fourth-order valence-corrected chi connectivity index (χ4v) is 4.67. The number of fused-ring (bicyclic) bond motifs is 6. The molecule has 0 spiro atoms. The van der Waals surface area contributed by atoms with Crippen LogP contribution in [0.1, 0.15) is 42.2 Å². The minimum atomic E-state index is -2.57. The minimum Gasteiger partial charge on any atom is -0.479 e. The van der Waals surface area contributed by atoms with Crippen LogP contribution in [0.4, 0.5) is 0 Å². The number of carboxylic acids is 10. The smallest absolute Gasteiger partial charge is 0.414 e. The first-order chi connectivity index (χ1) is 30.7. The first-order valence-corrected chi connectivity index (χ1v) is 17.1. The summed E-state index contributed by atoms with van der Waals surface area (Å²) in [6.45, 7) is 2.17. The molecular formula is C40H34N2O24. The molecule has 11 N–H and O–H groups in total. The lowest BCUT2D eigenvalue weighted by Crippen LogP contribution is -2.45. The number of carbonyl (C=O) groups is 11. The van der Waals surface area contributed by atoms with Gasteiger partial charge in [0.1, 0.15) is 0 Å². The predicted molar refractivity (Wildman–Crippen MR) is 213 cm³/mol. The molecule has 4 aromatic carbocycles. The van der Waals surface area contributed by atoms with Crippen molar-refractivity contribution in [2.75, 3.05) is 0 Å². The van der Waals surface area contributed by atoms with Crippen molar-refractivity contribution in [1.82, 2.24) is 0 Å². The third-order valence-electron chi connectivity index (χ3n) is 7.55. The van der Waals surface area contributed by atoms with Crippen molar-refractivity contribution < 1.29 is 123 Å². The van der Waals surface area contributed by atoms with Crippen LogP contribution in [0.3, 0.4) is 0 Å². The highest BCUT2D eigenvalue weighted by molar-refractivity contribution is 6.28. The van der Waals surface area contributed by atoms with Crippen molar-refractivity contribution in [3.05, 3.63) is 125 Å². The maximum Gasteiger partial charge on any atom is 0.414 e. The number of hydrogen-bond acceptors (Lipinski definition) is 14. The van der Waals surface area contributed by atoms with Crippen LogP contribution in [0.5, 0.6) is 0 Å². The van der Waals surface area contributed by atoms with E-state index in [9.17, 15) is 14.4 Å². The highest BCUT2D eigenvalue weighted by Crippen LogP contribution is 2.45. The Morgan fingerprint density at radius 3 is 0.894 bits per heavy atom. The Morgan fingerprint density at radius 1 is 0.455 bits per heavy atom. The third-order valence-corrected chi connectivity index (χ3v) is 7.55. The van der Waals surface area contributed by atoms with Gasteiger partial charge in [0.15, 0.2) is 6.10 Å². The highest BCUT2D eigenvalue weighted by atomic mass is 17.1. The Labute approximate surface area is 367 Å². The number of aliphatic carboxylic acids is 10. The molecule has 0 amide bonds. The van der Waals surface area contributed by atoms with Crippen LogP contribution in [-0.2, 0) is 62.4 Å². The topological polar surface area (TPSA) is 465 Å². The summed E-state index contributed by atoms with van der Waals surface area (Å²) in [7, 11) is 0. The van der Waals surface area contributed by atoms with E-state index >= 15 is 0 Å². The monoisotopic (exact) mass is 926 g/mol. The molecule has 6 rings (SSSR count). The van der Waals surface area contributed by atoms with E-state index in [0.717, 1.165) is 51.4 Å². The molecule has 66 heavy (non-hydrogen) atoms. The second-order valence-electron chi connectivity index (χ2n) is 11.9. The zero-order valence-electron chi connectivity index (χ0n) is 33.4. The van der Waals surface area contributed by atoms with Gasteiger partial charge in [0.2, 0.25) is 0 Å². The van der Waals surface area contributed by atoms with Gasteiger partial charge in [0.25, 0.3) is 5.60 Å². The van der Waals surface area contributed by atoms with Crippen LogP contribution in [0, 0.1) is 0 Å². The molecular weight excluding hydrogens is 892 g/mol. The normalized spacial score (nSPS) is 10.4. The second-order valence-corrected chi connectivity index (χ2v) is 11.9. The van der Waals surface area contributed by atoms with E-state index in [1.54, 1.807) is 0 Å². The lowest BCUT2D eigenvalue weighted by molar-refractivity contribution is -0.306. The van der Waals surface area contributed by atoms with Crippen molar-refractivity contribution in [3.8, 4) is 22.3 Å². The summed E-state index contributed by atoms with van der Waals surface area (Å²) >= 11 is 0. The molecule has 348 valence electrons. The number of nitrogens with zero attached hydrogens (tertiary/aromatic N) is 2. The molecule has 0 saturated carbocycles. The first-order valence-electron chi connectivity index (χ1n) is 17.1. The summed E-state index contributed by atoms with van der Waals surface area (Å²) in [5, 5.41) is 83.3. The summed E-state index contributed by atoms with van der Waals surface area (Å²) in [6.07, 6.45) is -0.250. The van der Waals surface area contributed by atoms with Crippen LogP contribution in [0.2, 0.25) is 0 Å². The van der Waals surface area contributed by atoms with Gasteiger partial charge in [-0.15, -0.1) is 0 Å². The molecule has 2 aliphatic carbocycles. The predicted octanol–water partition coefficient (Wildman–Crippen LogP) is 2.08. The molecule has 0 fully saturated rings. The second kappa shape index (κ2) is 26.6. The van der Waals surface area contributed by atoms with Crippen molar-refractivity contribution in [3.63, 3.8) is 0 Å². The first kappa shape index (κ1) is 56.3. The van der Waals surface area contributed by atoms with Crippen LogP contribution in [0.15, 0.2) is 97.1 Å². The number of carboxylic acid groups (broad SMARTS) is 10. The maximum atomic E-state index is 11.2. The van der Waals surface area contributed by atoms with E-state index in [1.165, 1.54) is 6.92 Å². The molecule has 2 aliphatic rings. The summed E-state index contributed by atoms with van der Waals surface area (Å²) in [5.41, 5.74) is 15.9. The Morgan fingerprint density at radius 2 is 0.697 bits per heavy atom.